The molecule has 2 rings (SSSR count). The first-order chi connectivity index (χ1) is 9.19. The number of nitrogens with one attached hydrogen (secondary N) is 1. The number of aromatic nitrogens is 2. The second-order valence-electron chi connectivity index (χ2n) is 3.99. The van der Waals surface area contributed by atoms with Crippen molar-refractivity contribution in [2.45, 2.75) is 18.2 Å². The van der Waals surface area contributed by atoms with Gasteiger partial charge in [-0.15, -0.1) is 11.8 Å². The molecule has 3 nitrogen and oxygen atoms in total. The van der Waals surface area contributed by atoms with Crippen molar-refractivity contribution in [2.24, 2.45) is 0 Å². The Balaban J connectivity index is 2.48. The average molecular weight is 338 g/mol. The van der Waals surface area contributed by atoms with E-state index in [1.807, 2.05) is 7.05 Å². The maximum atomic E-state index is 4.62. The van der Waals surface area contributed by atoms with E-state index in [9.17, 15) is 0 Å². The lowest BCUT2D eigenvalue weighted by Gasteiger charge is -2.10. The molecule has 0 saturated carbocycles. The molecular formula is C14H16BrN3S. The van der Waals surface area contributed by atoms with Crippen LogP contribution in [0.25, 0.3) is 11.4 Å². The van der Waals surface area contributed by atoms with Crippen LogP contribution in [0.4, 0.5) is 5.82 Å². The molecule has 1 aromatic carbocycles. The van der Waals surface area contributed by atoms with E-state index in [2.05, 4.69) is 68.7 Å². The Bertz CT molecular complexity index is 544. The quantitative estimate of drug-likeness (QED) is 0.847. The third kappa shape index (κ3) is 3.09. The topological polar surface area (TPSA) is 37.8 Å². The summed E-state index contributed by atoms with van der Waals surface area (Å²) in [6.45, 7) is 2.09. The van der Waals surface area contributed by atoms with Gasteiger partial charge in [0.25, 0.3) is 0 Å². The largest absolute Gasteiger partial charge is 0.372 e. The summed E-state index contributed by atoms with van der Waals surface area (Å²) in [7, 11) is 1.87. The molecular weight excluding hydrogens is 322 g/mol. The molecule has 1 aromatic heterocycles. The Kier molecular flexibility index (Phi) is 4.82. The van der Waals surface area contributed by atoms with Crippen LogP contribution in [0.15, 0.2) is 33.6 Å². The van der Waals surface area contributed by atoms with Gasteiger partial charge in [-0.3, -0.25) is 0 Å². The lowest BCUT2D eigenvalue weighted by molar-refractivity contribution is 0.991. The molecule has 0 saturated heterocycles. The van der Waals surface area contributed by atoms with Gasteiger partial charge in [0.1, 0.15) is 5.82 Å². The number of rotatable bonds is 4. The van der Waals surface area contributed by atoms with Crippen molar-refractivity contribution in [2.75, 3.05) is 18.6 Å². The van der Waals surface area contributed by atoms with Gasteiger partial charge in [0.15, 0.2) is 5.82 Å². The van der Waals surface area contributed by atoms with Crippen LogP contribution < -0.4 is 5.32 Å². The summed E-state index contributed by atoms with van der Waals surface area (Å²) in [4.78, 5) is 10.4. The van der Waals surface area contributed by atoms with Crippen molar-refractivity contribution in [3.8, 4) is 11.4 Å². The highest BCUT2D eigenvalue weighted by atomic mass is 79.9. The Morgan fingerprint density at radius 1 is 1.21 bits per heavy atom. The van der Waals surface area contributed by atoms with Crippen LogP contribution in [-0.4, -0.2) is 23.3 Å². The second kappa shape index (κ2) is 6.39. The van der Waals surface area contributed by atoms with Gasteiger partial charge in [-0.05, 0) is 40.7 Å². The molecule has 0 aliphatic heterocycles. The van der Waals surface area contributed by atoms with Crippen LogP contribution in [0.5, 0.6) is 0 Å². The molecule has 0 fully saturated rings. The molecule has 0 amide bonds. The van der Waals surface area contributed by atoms with Crippen LogP contribution >= 0.6 is 27.7 Å². The van der Waals surface area contributed by atoms with Crippen molar-refractivity contribution in [1.82, 2.24) is 9.97 Å². The van der Waals surface area contributed by atoms with Crippen molar-refractivity contribution >= 4 is 33.5 Å². The number of hydrogen-bond acceptors (Lipinski definition) is 4. The minimum Gasteiger partial charge on any atom is -0.372 e. The highest BCUT2D eigenvalue weighted by molar-refractivity contribution is 9.10. The first-order valence-corrected chi connectivity index (χ1v) is 8.10. The monoisotopic (exact) mass is 337 g/mol. The number of halogens is 1. The molecule has 0 bridgehead atoms. The molecule has 0 spiro atoms. The molecule has 1 N–H and O–H groups in total. The second-order valence-corrected chi connectivity index (χ2v) is 5.66. The summed E-state index contributed by atoms with van der Waals surface area (Å²) < 4.78 is 0.946. The molecule has 1 heterocycles. The van der Waals surface area contributed by atoms with E-state index in [1.54, 1.807) is 11.8 Å². The van der Waals surface area contributed by atoms with E-state index in [-0.39, 0.29) is 0 Å². The van der Waals surface area contributed by atoms with Gasteiger partial charge >= 0.3 is 0 Å². The number of anilines is 1. The highest BCUT2D eigenvalue weighted by Gasteiger charge is 2.11. The molecule has 100 valence electrons. The predicted molar refractivity (Wildman–Crippen MR) is 85.9 cm³/mol. The Morgan fingerprint density at radius 2 is 1.89 bits per heavy atom. The number of benzene rings is 1. The van der Waals surface area contributed by atoms with Gasteiger partial charge < -0.3 is 5.32 Å². The summed E-state index contributed by atoms with van der Waals surface area (Å²) in [6.07, 6.45) is 2.94. The molecule has 0 aliphatic carbocycles. The summed E-state index contributed by atoms with van der Waals surface area (Å²) in [5.41, 5.74) is 2.06. The first kappa shape index (κ1) is 14.3. The van der Waals surface area contributed by atoms with Crippen molar-refractivity contribution < 1.29 is 0 Å². The predicted octanol–water partition coefficient (Wildman–Crippen LogP) is 4.23. The standard InChI is InChI=1S/C14H16BrN3S/c1-4-11-12(15)14(16-2)18-13(17-11)9-5-7-10(19-3)8-6-9/h5-8H,4H2,1-3H3,(H,16,17,18). The van der Waals surface area contributed by atoms with E-state index in [0.717, 1.165) is 33.8 Å². The van der Waals surface area contributed by atoms with E-state index in [1.165, 1.54) is 4.90 Å². The maximum absolute atomic E-state index is 4.62. The first-order valence-electron chi connectivity index (χ1n) is 6.08. The van der Waals surface area contributed by atoms with Gasteiger partial charge in [0.05, 0.1) is 10.2 Å². The summed E-state index contributed by atoms with van der Waals surface area (Å²) in [5.74, 6) is 1.59. The van der Waals surface area contributed by atoms with Gasteiger partial charge in [0.2, 0.25) is 0 Å². The molecule has 0 atom stereocenters. The van der Waals surface area contributed by atoms with Crippen LogP contribution in [0.1, 0.15) is 12.6 Å². The van der Waals surface area contributed by atoms with Gasteiger partial charge in [0, 0.05) is 17.5 Å². The Labute approximate surface area is 126 Å². The zero-order chi connectivity index (χ0) is 13.8. The molecule has 0 aliphatic rings. The number of thioether (sulfide) groups is 1. The third-order valence-corrected chi connectivity index (χ3v) is 4.42. The van der Waals surface area contributed by atoms with Crippen LogP contribution in [0.3, 0.4) is 0 Å². The minimum absolute atomic E-state index is 0.761. The smallest absolute Gasteiger partial charge is 0.161 e. The summed E-state index contributed by atoms with van der Waals surface area (Å²) in [6, 6.07) is 8.31. The molecule has 0 radical (unpaired) electrons. The Hall–Kier alpha value is -1.07. The highest BCUT2D eigenvalue weighted by Crippen LogP contribution is 2.28. The zero-order valence-electron chi connectivity index (χ0n) is 11.2. The third-order valence-electron chi connectivity index (χ3n) is 2.84. The fraction of sp³-hybridized carbons (Fsp3) is 0.286. The van der Waals surface area contributed by atoms with E-state index in [0.29, 0.717) is 0 Å². The normalized spacial score (nSPS) is 10.5. The van der Waals surface area contributed by atoms with Gasteiger partial charge in [-0.1, -0.05) is 19.1 Å². The minimum atomic E-state index is 0.761. The van der Waals surface area contributed by atoms with E-state index in [4.69, 9.17) is 0 Å². The maximum Gasteiger partial charge on any atom is 0.161 e. The zero-order valence-corrected chi connectivity index (χ0v) is 13.6. The average Bonchev–Trinajstić information content (AvgIpc) is 2.47. The SMILES string of the molecule is CCc1nc(-c2ccc(SC)cc2)nc(NC)c1Br. The van der Waals surface area contributed by atoms with E-state index < -0.39 is 0 Å². The number of hydrogen-bond donors (Lipinski definition) is 1. The number of nitrogens with zero attached hydrogens (tertiary/aromatic N) is 2. The molecule has 19 heavy (non-hydrogen) atoms. The van der Waals surface area contributed by atoms with Crippen molar-refractivity contribution in [3.05, 3.63) is 34.4 Å². The Morgan fingerprint density at radius 3 is 2.42 bits per heavy atom. The lowest BCUT2D eigenvalue weighted by atomic mass is 10.2. The van der Waals surface area contributed by atoms with Gasteiger partial charge in [-0.2, -0.15) is 0 Å². The number of aryl methyl sites for hydroxylation is 1. The molecule has 5 heteroatoms. The fourth-order valence-electron chi connectivity index (χ4n) is 1.76. The molecule has 2 aromatic rings. The fourth-order valence-corrected chi connectivity index (χ4v) is 2.83. The summed E-state index contributed by atoms with van der Waals surface area (Å²) in [5, 5.41) is 3.10. The van der Waals surface area contributed by atoms with Crippen LogP contribution in [0, 0.1) is 0 Å². The lowest BCUT2D eigenvalue weighted by Crippen LogP contribution is -2.02. The summed E-state index contributed by atoms with van der Waals surface area (Å²) >= 11 is 5.27. The van der Waals surface area contributed by atoms with Crippen molar-refractivity contribution in [3.63, 3.8) is 0 Å². The van der Waals surface area contributed by atoms with Crippen LogP contribution in [-0.2, 0) is 6.42 Å². The molecule has 0 unspecified atom stereocenters. The van der Waals surface area contributed by atoms with E-state index >= 15 is 0 Å². The van der Waals surface area contributed by atoms with Crippen molar-refractivity contribution in [1.29, 1.82) is 0 Å². The van der Waals surface area contributed by atoms with Crippen LogP contribution in [0.2, 0.25) is 0 Å². The van der Waals surface area contributed by atoms with Gasteiger partial charge in [-0.25, -0.2) is 9.97 Å².